The molecule has 0 unspecified atom stereocenters. The monoisotopic (exact) mass is 261 g/mol. The molecule has 0 saturated heterocycles. The topological polar surface area (TPSA) is 38.7 Å². The van der Waals surface area contributed by atoms with E-state index in [2.05, 4.69) is 15.0 Å². The average Bonchev–Trinajstić information content (AvgIpc) is 2.51. The van der Waals surface area contributed by atoms with Crippen LogP contribution >= 0.6 is 0 Å². The lowest BCUT2D eigenvalue weighted by Crippen LogP contribution is -1.96. The first kappa shape index (κ1) is 12.5. The maximum absolute atomic E-state index is 4.66. The van der Waals surface area contributed by atoms with Gasteiger partial charge in [0.05, 0.1) is 5.69 Å². The molecule has 20 heavy (non-hydrogen) atoms. The highest BCUT2D eigenvalue weighted by Crippen LogP contribution is 2.20. The van der Waals surface area contributed by atoms with Crippen LogP contribution < -0.4 is 0 Å². The van der Waals surface area contributed by atoms with Gasteiger partial charge in [0, 0.05) is 17.5 Å². The first-order chi connectivity index (χ1) is 9.74. The van der Waals surface area contributed by atoms with E-state index < -0.39 is 0 Å². The first-order valence-electron chi connectivity index (χ1n) is 6.57. The lowest BCUT2D eigenvalue weighted by molar-refractivity contribution is 1.06. The van der Waals surface area contributed by atoms with Crippen LogP contribution in [0.2, 0.25) is 0 Å². The fourth-order valence-electron chi connectivity index (χ4n) is 1.98. The molecule has 0 atom stereocenters. The van der Waals surface area contributed by atoms with E-state index in [1.165, 1.54) is 0 Å². The molecule has 98 valence electrons. The Morgan fingerprint density at radius 2 is 1.50 bits per heavy atom. The van der Waals surface area contributed by atoms with Crippen molar-refractivity contribution in [3.63, 3.8) is 0 Å². The fraction of sp³-hybridized carbons (Fsp3) is 0.118. The van der Waals surface area contributed by atoms with Crippen molar-refractivity contribution >= 4 is 0 Å². The normalized spacial score (nSPS) is 10.5. The summed E-state index contributed by atoms with van der Waals surface area (Å²) in [7, 11) is 0. The smallest absolute Gasteiger partial charge is 0.178 e. The number of benzene rings is 1. The minimum atomic E-state index is 0.672. The zero-order chi connectivity index (χ0) is 13.9. The van der Waals surface area contributed by atoms with Crippen molar-refractivity contribution in [1.29, 1.82) is 0 Å². The minimum absolute atomic E-state index is 0.672. The second-order valence-corrected chi connectivity index (χ2v) is 4.74. The van der Waals surface area contributed by atoms with Gasteiger partial charge in [-0.3, -0.25) is 0 Å². The molecule has 3 nitrogen and oxygen atoms in total. The average molecular weight is 261 g/mol. The summed E-state index contributed by atoms with van der Waals surface area (Å²) in [5.41, 5.74) is 4.91. The molecule has 1 aromatic carbocycles. The molecule has 0 aliphatic carbocycles. The standard InChI is InChI=1S/C17H15N3/c1-12-11-18-17(19-13(12)2)16-10-6-9-15(20-16)14-7-4-3-5-8-14/h3-11H,1-2H3. The molecule has 0 spiro atoms. The molecule has 0 radical (unpaired) electrons. The summed E-state index contributed by atoms with van der Waals surface area (Å²) in [6.45, 7) is 3.99. The fourth-order valence-corrected chi connectivity index (χ4v) is 1.98. The van der Waals surface area contributed by atoms with Crippen LogP contribution in [0.25, 0.3) is 22.8 Å². The zero-order valence-electron chi connectivity index (χ0n) is 11.5. The van der Waals surface area contributed by atoms with E-state index >= 15 is 0 Å². The summed E-state index contributed by atoms with van der Waals surface area (Å²) < 4.78 is 0. The van der Waals surface area contributed by atoms with Gasteiger partial charge in [-0.2, -0.15) is 0 Å². The van der Waals surface area contributed by atoms with E-state index in [4.69, 9.17) is 0 Å². The lowest BCUT2D eigenvalue weighted by atomic mass is 10.1. The third-order valence-electron chi connectivity index (χ3n) is 3.27. The van der Waals surface area contributed by atoms with Crippen LogP contribution in [0.1, 0.15) is 11.3 Å². The third-order valence-corrected chi connectivity index (χ3v) is 3.27. The summed E-state index contributed by atoms with van der Waals surface area (Å²) >= 11 is 0. The van der Waals surface area contributed by atoms with Crippen molar-refractivity contribution in [3.8, 4) is 22.8 Å². The van der Waals surface area contributed by atoms with Crippen LogP contribution in [-0.2, 0) is 0 Å². The number of hydrogen-bond donors (Lipinski definition) is 0. The Balaban J connectivity index is 2.05. The summed E-state index contributed by atoms with van der Waals surface area (Å²) in [5, 5.41) is 0. The summed E-state index contributed by atoms with van der Waals surface area (Å²) in [4.78, 5) is 13.5. The number of aromatic nitrogens is 3. The molecule has 0 bridgehead atoms. The molecule has 0 N–H and O–H groups in total. The Hall–Kier alpha value is -2.55. The van der Waals surface area contributed by atoms with Gasteiger partial charge in [-0.25, -0.2) is 15.0 Å². The van der Waals surface area contributed by atoms with Crippen LogP contribution in [0.4, 0.5) is 0 Å². The first-order valence-corrected chi connectivity index (χ1v) is 6.57. The van der Waals surface area contributed by atoms with Gasteiger partial charge in [-0.05, 0) is 31.5 Å². The van der Waals surface area contributed by atoms with E-state index in [1.807, 2.05) is 68.6 Å². The molecule has 0 saturated carbocycles. The van der Waals surface area contributed by atoms with Crippen molar-refractivity contribution in [2.75, 3.05) is 0 Å². The van der Waals surface area contributed by atoms with Crippen LogP contribution in [0.5, 0.6) is 0 Å². The lowest BCUT2D eigenvalue weighted by Gasteiger charge is -2.05. The molecule has 3 heteroatoms. The highest BCUT2D eigenvalue weighted by atomic mass is 14.9. The predicted octanol–water partition coefficient (Wildman–Crippen LogP) is 3.82. The van der Waals surface area contributed by atoms with Crippen molar-refractivity contribution in [2.24, 2.45) is 0 Å². The Morgan fingerprint density at radius 3 is 2.25 bits per heavy atom. The Labute approximate surface area is 118 Å². The molecule has 0 aliphatic heterocycles. The van der Waals surface area contributed by atoms with Crippen LogP contribution in [0.3, 0.4) is 0 Å². The Bertz CT molecular complexity index is 736. The van der Waals surface area contributed by atoms with Crippen molar-refractivity contribution in [2.45, 2.75) is 13.8 Å². The molecule has 3 rings (SSSR count). The van der Waals surface area contributed by atoms with E-state index in [0.717, 1.165) is 28.2 Å². The number of rotatable bonds is 2. The van der Waals surface area contributed by atoms with Crippen molar-refractivity contribution < 1.29 is 0 Å². The van der Waals surface area contributed by atoms with Gasteiger partial charge >= 0.3 is 0 Å². The predicted molar refractivity (Wildman–Crippen MR) is 80.2 cm³/mol. The van der Waals surface area contributed by atoms with Crippen LogP contribution in [0.15, 0.2) is 54.7 Å². The summed E-state index contributed by atoms with van der Waals surface area (Å²) in [6.07, 6.45) is 1.84. The Kier molecular flexibility index (Phi) is 3.25. The molecule has 3 aromatic rings. The van der Waals surface area contributed by atoms with Gasteiger partial charge in [0.25, 0.3) is 0 Å². The van der Waals surface area contributed by atoms with E-state index in [0.29, 0.717) is 5.82 Å². The molecule has 0 aliphatic rings. The van der Waals surface area contributed by atoms with Gasteiger partial charge in [-0.1, -0.05) is 36.4 Å². The van der Waals surface area contributed by atoms with Gasteiger partial charge in [0.1, 0.15) is 5.69 Å². The second kappa shape index (κ2) is 5.21. The number of aryl methyl sites for hydroxylation is 2. The highest BCUT2D eigenvalue weighted by Gasteiger charge is 2.06. The molecular formula is C17H15N3. The molecule has 2 aromatic heterocycles. The maximum atomic E-state index is 4.66. The summed E-state index contributed by atoms with van der Waals surface area (Å²) in [5.74, 6) is 0.672. The molecule has 0 amide bonds. The van der Waals surface area contributed by atoms with Crippen LogP contribution in [0, 0.1) is 13.8 Å². The van der Waals surface area contributed by atoms with E-state index in [-0.39, 0.29) is 0 Å². The highest BCUT2D eigenvalue weighted by molar-refractivity contribution is 5.62. The van der Waals surface area contributed by atoms with E-state index in [1.54, 1.807) is 0 Å². The van der Waals surface area contributed by atoms with Crippen LogP contribution in [-0.4, -0.2) is 15.0 Å². The number of pyridine rings is 1. The van der Waals surface area contributed by atoms with Gasteiger partial charge in [0.15, 0.2) is 5.82 Å². The van der Waals surface area contributed by atoms with E-state index in [9.17, 15) is 0 Å². The molecule has 0 fully saturated rings. The van der Waals surface area contributed by atoms with Gasteiger partial charge in [-0.15, -0.1) is 0 Å². The minimum Gasteiger partial charge on any atom is -0.244 e. The van der Waals surface area contributed by atoms with Gasteiger partial charge in [0.2, 0.25) is 0 Å². The number of hydrogen-bond acceptors (Lipinski definition) is 3. The SMILES string of the molecule is Cc1cnc(-c2cccc(-c3ccccc3)n2)nc1C. The van der Waals surface area contributed by atoms with Gasteiger partial charge < -0.3 is 0 Å². The maximum Gasteiger partial charge on any atom is 0.178 e. The Morgan fingerprint density at radius 1 is 0.750 bits per heavy atom. The van der Waals surface area contributed by atoms with Crippen molar-refractivity contribution in [3.05, 3.63) is 66.0 Å². The number of nitrogens with zero attached hydrogens (tertiary/aromatic N) is 3. The largest absolute Gasteiger partial charge is 0.244 e. The second-order valence-electron chi connectivity index (χ2n) is 4.74. The van der Waals surface area contributed by atoms with Crippen molar-refractivity contribution in [1.82, 2.24) is 15.0 Å². The molecular weight excluding hydrogens is 246 g/mol. The molecule has 2 heterocycles. The third kappa shape index (κ3) is 2.43. The quantitative estimate of drug-likeness (QED) is 0.704. The zero-order valence-corrected chi connectivity index (χ0v) is 11.5. The summed E-state index contributed by atoms with van der Waals surface area (Å²) in [6, 6.07) is 16.0.